The highest BCUT2D eigenvalue weighted by molar-refractivity contribution is 7.14. The molecule has 1 amide bonds. The molecule has 1 aliphatic rings. The van der Waals surface area contributed by atoms with Crippen LogP contribution >= 0.6 is 11.3 Å². The number of fused-ring (bicyclic) bond motifs is 1. The number of aromatic nitrogens is 2. The molecule has 4 rings (SSSR count). The van der Waals surface area contributed by atoms with Crippen LogP contribution in [0.1, 0.15) is 43.9 Å². The van der Waals surface area contributed by atoms with Crippen LogP contribution in [0.25, 0.3) is 22.3 Å². The lowest BCUT2D eigenvalue weighted by Gasteiger charge is -2.34. The number of nitrogens with zero attached hydrogens (tertiary/aromatic N) is 3. The van der Waals surface area contributed by atoms with Crippen LogP contribution < -0.4 is 11.1 Å². The molecule has 0 bridgehead atoms. The summed E-state index contributed by atoms with van der Waals surface area (Å²) in [7, 11) is 0. The monoisotopic (exact) mass is 517 g/mol. The molecule has 1 unspecified atom stereocenters. The topological polar surface area (TPSA) is 100 Å². The first-order valence-electron chi connectivity index (χ1n) is 12.4. The zero-order chi connectivity index (χ0) is 26.8. The number of hydrogen-bond donors (Lipinski definition) is 3. The van der Waals surface area contributed by atoms with Crippen LogP contribution in [0.2, 0.25) is 0 Å². The maximum absolute atomic E-state index is 12.3. The molecule has 1 radical (unpaired) electrons. The first kappa shape index (κ1) is 27.7. The number of amides is 1. The van der Waals surface area contributed by atoms with Gasteiger partial charge in [-0.05, 0) is 43.2 Å². The molecule has 0 aliphatic carbocycles. The molecule has 0 saturated carbocycles. The second-order valence-corrected chi connectivity index (χ2v) is 9.23. The molecule has 0 spiro atoms. The van der Waals surface area contributed by atoms with Crippen molar-refractivity contribution >= 4 is 51.7 Å². The molecule has 195 valence electrons. The van der Waals surface area contributed by atoms with Crippen LogP contribution in [0.4, 0.5) is 5.95 Å². The van der Waals surface area contributed by atoms with E-state index in [1.54, 1.807) is 6.08 Å². The summed E-state index contributed by atoms with van der Waals surface area (Å²) in [6, 6.07) is 12.1. The van der Waals surface area contributed by atoms with E-state index in [4.69, 9.17) is 16.1 Å². The minimum atomic E-state index is -0.0455. The van der Waals surface area contributed by atoms with Crippen LogP contribution in [0, 0.1) is 11.8 Å². The number of allylic oxidation sites excluding steroid dienone is 3. The van der Waals surface area contributed by atoms with Gasteiger partial charge in [0.2, 0.25) is 11.9 Å². The summed E-state index contributed by atoms with van der Waals surface area (Å²) in [6.45, 7) is 12.8. The molecule has 1 atom stereocenters. The third-order valence-corrected chi connectivity index (χ3v) is 7.15. The average Bonchev–Trinajstić information content (AvgIpc) is 3.57. The van der Waals surface area contributed by atoms with Crippen LogP contribution in [0.3, 0.4) is 0 Å². The number of nitrogens with one attached hydrogen (secondary N) is 2. The van der Waals surface area contributed by atoms with E-state index in [1.165, 1.54) is 29.8 Å². The number of carbonyl (C=O) groups excluding carboxylic acids is 1. The van der Waals surface area contributed by atoms with E-state index in [1.807, 2.05) is 61.6 Å². The lowest BCUT2D eigenvalue weighted by molar-refractivity contribution is -0.127. The van der Waals surface area contributed by atoms with Crippen LogP contribution in [-0.4, -0.2) is 39.7 Å². The normalized spacial score (nSPS) is 16.1. The molecular formula is C29H37N6OS. The van der Waals surface area contributed by atoms with Gasteiger partial charge in [-0.1, -0.05) is 44.7 Å². The van der Waals surface area contributed by atoms with Crippen molar-refractivity contribution in [2.45, 2.75) is 32.7 Å². The maximum atomic E-state index is 12.3. The zero-order valence-electron chi connectivity index (χ0n) is 21.5. The van der Waals surface area contributed by atoms with Crippen molar-refractivity contribution in [3.8, 4) is 0 Å². The van der Waals surface area contributed by atoms with Gasteiger partial charge in [0.05, 0.1) is 27.6 Å². The Kier molecular flexibility index (Phi) is 10.0. The average molecular weight is 518 g/mol. The van der Waals surface area contributed by atoms with Gasteiger partial charge < -0.3 is 25.9 Å². The molecule has 4 N–H and O–H groups in total. The number of piperidine rings is 1. The first-order chi connectivity index (χ1) is 18.1. The number of anilines is 1. The van der Waals surface area contributed by atoms with E-state index in [0.717, 1.165) is 45.9 Å². The van der Waals surface area contributed by atoms with Crippen molar-refractivity contribution in [1.29, 1.82) is 5.41 Å². The Bertz CT molecular complexity index is 1320. The van der Waals surface area contributed by atoms with Gasteiger partial charge in [-0.2, -0.15) is 0 Å². The van der Waals surface area contributed by atoms with Crippen LogP contribution in [0.15, 0.2) is 74.0 Å². The van der Waals surface area contributed by atoms with E-state index >= 15 is 0 Å². The third kappa shape index (κ3) is 6.27. The Morgan fingerprint density at radius 2 is 2.00 bits per heavy atom. The minimum absolute atomic E-state index is 0. The number of likely N-dealkylation sites (tertiary alicyclic amines) is 1. The Balaban J connectivity index is 0.00000165. The number of para-hydroxylation sites is 2. The van der Waals surface area contributed by atoms with E-state index in [-0.39, 0.29) is 13.4 Å². The van der Waals surface area contributed by atoms with Gasteiger partial charge in [-0.15, -0.1) is 17.9 Å². The molecule has 1 fully saturated rings. The summed E-state index contributed by atoms with van der Waals surface area (Å²) in [5.74, 6) is 0.667. The fourth-order valence-electron chi connectivity index (χ4n) is 4.31. The molecular weight excluding hydrogens is 480 g/mol. The van der Waals surface area contributed by atoms with Crippen molar-refractivity contribution in [1.82, 2.24) is 14.5 Å². The number of imidazole rings is 1. The standard InChI is InChI=1S/C27H29N6OS.C2H6.H2/c1-3-5-10-22(25-14-13-24(35-25)19(16-28)17-29)31-27-30-21-11-6-7-12-23(21)33(27)20-9-8-15-32(18-20)26(34)4-2;1-2;/h3-7,10-14,16-17,20,28H,1-2,8-9,15,18,29H2,(H,30,31);1-2H3;1H/b19-17+,22-10+,28-16?;;. The first-order valence-corrected chi connectivity index (χ1v) is 13.3. The molecule has 3 aromatic rings. The van der Waals surface area contributed by atoms with Gasteiger partial charge >= 0.3 is 0 Å². The number of thiophene rings is 1. The molecule has 1 saturated heterocycles. The zero-order valence-corrected chi connectivity index (χ0v) is 22.3. The van der Waals surface area contributed by atoms with Crippen molar-refractivity contribution < 1.29 is 6.22 Å². The Hall–Kier alpha value is -3.91. The lowest BCUT2D eigenvalue weighted by atomic mass is 10.0. The highest BCUT2D eigenvalue weighted by Gasteiger charge is 2.27. The maximum Gasteiger partial charge on any atom is 0.246 e. The Morgan fingerprint density at radius 3 is 2.70 bits per heavy atom. The van der Waals surface area contributed by atoms with Crippen LogP contribution in [0.5, 0.6) is 0 Å². The summed E-state index contributed by atoms with van der Waals surface area (Å²) >= 11 is 1.54. The highest BCUT2D eigenvalue weighted by atomic mass is 32.1. The molecule has 8 heteroatoms. The summed E-state index contributed by atoms with van der Waals surface area (Å²) in [5, 5.41) is 11.1. The van der Waals surface area contributed by atoms with E-state index in [2.05, 4.69) is 29.1 Å². The smallest absolute Gasteiger partial charge is 0.246 e. The molecule has 37 heavy (non-hydrogen) atoms. The molecule has 1 aromatic carbocycles. The molecule has 3 heterocycles. The number of nitrogens with two attached hydrogens (primary N) is 1. The van der Waals surface area contributed by atoms with Crippen molar-refractivity contribution in [3.05, 3.63) is 90.2 Å². The molecule has 1 aliphatic heterocycles. The summed E-state index contributed by atoms with van der Waals surface area (Å²) in [5.41, 5.74) is 9.11. The second kappa shape index (κ2) is 13.4. The van der Waals surface area contributed by atoms with E-state index in [9.17, 15) is 4.79 Å². The second-order valence-electron chi connectivity index (χ2n) is 8.14. The number of rotatable bonds is 9. The van der Waals surface area contributed by atoms with Crippen molar-refractivity contribution in [3.63, 3.8) is 0 Å². The largest absolute Gasteiger partial charge is 0.404 e. The van der Waals surface area contributed by atoms with Gasteiger partial charge in [-0.25, -0.2) is 4.98 Å². The summed E-state index contributed by atoms with van der Waals surface area (Å²) < 4.78 is 2.21. The van der Waals surface area contributed by atoms with Crippen molar-refractivity contribution in [2.24, 2.45) is 5.73 Å². The predicted octanol–water partition coefficient (Wildman–Crippen LogP) is 6.51. The van der Waals surface area contributed by atoms with E-state index < -0.39 is 0 Å². The Morgan fingerprint density at radius 1 is 1.24 bits per heavy atom. The summed E-state index contributed by atoms with van der Waals surface area (Å²) in [4.78, 5) is 21.0. The minimum Gasteiger partial charge on any atom is -0.404 e. The number of benzene rings is 1. The van der Waals surface area contributed by atoms with Gasteiger partial charge in [-0.3, -0.25) is 4.79 Å². The van der Waals surface area contributed by atoms with Gasteiger partial charge in [0.25, 0.3) is 0 Å². The Labute approximate surface area is 224 Å². The third-order valence-electron chi connectivity index (χ3n) is 5.98. The number of carbonyl (C=O) groups is 1. The quantitative estimate of drug-likeness (QED) is 0.222. The predicted molar refractivity (Wildman–Crippen MR) is 160 cm³/mol. The van der Waals surface area contributed by atoms with E-state index in [0.29, 0.717) is 18.1 Å². The number of hydrogen-bond acceptors (Lipinski definition) is 6. The fraction of sp³-hybridized carbons (Fsp3) is 0.241. The molecule has 7 nitrogen and oxygen atoms in total. The van der Waals surface area contributed by atoms with Crippen molar-refractivity contribution in [2.75, 3.05) is 18.4 Å². The molecule has 2 aromatic heterocycles. The van der Waals surface area contributed by atoms with Crippen LogP contribution in [-0.2, 0) is 4.79 Å². The van der Waals surface area contributed by atoms with Gasteiger partial charge in [0.1, 0.15) is 0 Å². The fourth-order valence-corrected chi connectivity index (χ4v) is 5.29. The highest BCUT2D eigenvalue weighted by Crippen LogP contribution is 2.34. The van der Waals surface area contributed by atoms with Gasteiger partial charge in [0, 0.05) is 43.8 Å². The summed E-state index contributed by atoms with van der Waals surface area (Å²) in [6.07, 6.45) is 11.5. The van der Waals surface area contributed by atoms with Gasteiger partial charge in [0.15, 0.2) is 0 Å². The SMILES string of the molecule is C=C[CH]/C=C(/Nc1nc2ccccc2n1C1CCCN(C(=O)C=C)C1)c1ccc(/C(C=N)=C/N)s1.CC.[HH]. The lowest BCUT2D eigenvalue weighted by Crippen LogP contribution is -2.40.